The summed E-state index contributed by atoms with van der Waals surface area (Å²) in [5.41, 5.74) is 1.64. The Hall–Kier alpha value is -4.21. The first-order chi connectivity index (χ1) is 14.8. The second kappa shape index (κ2) is 7.56. The van der Waals surface area contributed by atoms with Gasteiger partial charge in [0, 0.05) is 11.6 Å². The van der Waals surface area contributed by atoms with E-state index in [-0.39, 0.29) is 28.5 Å². The highest BCUT2D eigenvalue weighted by atomic mass is 16.6. The van der Waals surface area contributed by atoms with Crippen LogP contribution in [-0.2, 0) is 0 Å². The minimum Gasteiger partial charge on any atom is -0.493 e. The molecule has 0 unspecified atom stereocenters. The number of benzene rings is 1. The lowest BCUT2D eigenvalue weighted by Crippen LogP contribution is -2.11. The Morgan fingerprint density at radius 3 is 2.55 bits per heavy atom. The number of aryl methyl sites for hydroxylation is 3. The number of carbonyl (C=O) groups is 1. The van der Waals surface area contributed by atoms with Gasteiger partial charge in [-0.25, -0.2) is 9.78 Å². The predicted molar refractivity (Wildman–Crippen MR) is 108 cm³/mol. The van der Waals surface area contributed by atoms with E-state index in [9.17, 15) is 14.9 Å². The van der Waals surface area contributed by atoms with Crippen LogP contribution in [-0.4, -0.2) is 28.1 Å². The van der Waals surface area contributed by atoms with E-state index in [1.165, 1.54) is 19.2 Å². The van der Waals surface area contributed by atoms with Crippen LogP contribution < -0.4 is 9.47 Å². The second-order valence-corrected chi connectivity index (χ2v) is 6.81. The van der Waals surface area contributed by atoms with Gasteiger partial charge < -0.3 is 18.4 Å². The SMILES string of the molecule is COc1ccc([N+](=O)[O-])cc1OC(=O)c1cc(-c2cc(C)oc2C)nc2onc(C)c12. The molecule has 10 heteroatoms. The fourth-order valence-corrected chi connectivity index (χ4v) is 3.29. The number of aromatic nitrogens is 2. The monoisotopic (exact) mass is 423 g/mol. The Morgan fingerprint density at radius 1 is 1.13 bits per heavy atom. The maximum absolute atomic E-state index is 13.1. The Kier molecular flexibility index (Phi) is 4.90. The van der Waals surface area contributed by atoms with Gasteiger partial charge in [-0.1, -0.05) is 5.16 Å². The van der Waals surface area contributed by atoms with Crippen LogP contribution in [0.15, 0.2) is 39.3 Å². The summed E-state index contributed by atoms with van der Waals surface area (Å²) in [7, 11) is 1.37. The van der Waals surface area contributed by atoms with Gasteiger partial charge in [0.1, 0.15) is 11.5 Å². The molecular weight excluding hydrogens is 406 g/mol. The molecule has 0 aliphatic rings. The number of pyridine rings is 1. The molecule has 158 valence electrons. The van der Waals surface area contributed by atoms with Gasteiger partial charge in [-0.15, -0.1) is 0 Å². The van der Waals surface area contributed by atoms with Gasteiger partial charge in [0.25, 0.3) is 11.4 Å². The molecule has 0 saturated carbocycles. The third-order valence-electron chi connectivity index (χ3n) is 4.71. The number of ether oxygens (including phenoxy) is 2. The molecule has 0 atom stereocenters. The van der Waals surface area contributed by atoms with E-state index in [1.54, 1.807) is 32.9 Å². The Balaban J connectivity index is 1.83. The number of methoxy groups -OCH3 is 1. The van der Waals surface area contributed by atoms with Crippen molar-refractivity contribution in [2.75, 3.05) is 7.11 Å². The maximum Gasteiger partial charge on any atom is 0.344 e. The average molecular weight is 423 g/mol. The van der Waals surface area contributed by atoms with Crippen molar-refractivity contribution >= 4 is 22.8 Å². The van der Waals surface area contributed by atoms with Crippen LogP contribution in [0, 0.1) is 30.9 Å². The summed E-state index contributed by atoms with van der Waals surface area (Å²) in [6.07, 6.45) is 0. The molecule has 0 aliphatic heterocycles. The third-order valence-corrected chi connectivity index (χ3v) is 4.71. The highest BCUT2D eigenvalue weighted by Gasteiger charge is 2.24. The van der Waals surface area contributed by atoms with Gasteiger partial charge in [0.2, 0.25) is 0 Å². The number of esters is 1. The van der Waals surface area contributed by atoms with Gasteiger partial charge in [0.05, 0.1) is 40.4 Å². The lowest BCUT2D eigenvalue weighted by molar-refractivity contribution is -0.384. The number of carbonyl (C=O) groups excluding carboxylic acids is 1. The molecule has 0 spiro atoms. The number of furan rings is 1. The van der Waals surface area contributed by atoms with Crippen LogP contribution in [0.2, 0.25) is 0 Å². The molecule has 4 aromatic rings. The topological polar surface area (TPSA) is 131 Å². The van der Waals surface area contributed by atoms with E-state index in [4.69, 9.17) is 18.4 Å². The highest BCUT2D eigenvalue weighted by Crippen LogP contribution is 2.34. The van der Waals surface area contributed by atoms with Crippen LogP contribution in [0.4, 0.5) is 5.69 Å². The fraction of sp³-hybridized carbons (Fsp3) is 0.190. The number of nitro groups is 1. The minimum absolute atomic E-state index is 0.0855. The van der Waals surface area contributed by atoms with Gasteiger partial charge in [-0.3, -0.25) is 10.1 Å². The summed E-state index contributed by atoms with van der Waals surface area (Å²) in [4.78, 5) is 28.1. The molecule has 3 aromatic heterocycles. The zero-order valence-corrected chi connectivity index (χ0v) is 17.1. The lowest BCUT2D eigenvalue weighted by Gasteiger charge is -2.10. The van der Waals surface area contributed by atoms with E-state index < -0.39 is 10.9 Å². The first-order valence-electron chi connectivity index (χ1n) is 9.17. The Labute approximate surface area is 175 Å². The Morgan fingerprint density at radius 2 is 1.90 bits per heavy atom. The second-order valence-electron chi connectivity index (χ2n) is 6.81. The van der Waals surface area contributed by atoms with Crippen molar-refractivity contribution in [2.24, 2.45) is 0 Å². The smallest absolute Gasteiger partial charge is 0.344 e. The van der Waals surface area contributed by atoms with Crippen LogP contribution in [0.1, 0.15) is 27.6 Å². The molecule has 10 nitrogen and oxygen atoms in total. The molecule has 0 amide bonds. The van der Waals surface area contributed by atoms with E-state index >= 15 is 0 Å². The molecule has 0 N–H and O–H groups in total. The molecule has 4 rings (SSSR count). The summed E-state index contributed by atoms with van der Waals surface area (Å²) in [5, 5.41) is 15.4. The average Bonchev–Trinajstić information content (AvgIpc) is 3.28. The summed E-state index contributed by atoms with van der Waals surface area (Å²) >= 11 is 0. The standard InChI is InChI=1S/C21H17N3O7/c1-10-7-14(12(3)29-10)16-9-15(19-11(2)23-31-20(19)22-16)21(25)30-18-8-13(24(26)27)5-6-17(18)28-4/h5-9H,1-4H3. The molecule has 1 aromatic carbocycles. The predicted octanol–water partition coefficient (Wildman–Crippen LogP) is 4.54. The molecule has 0 fully saturated rings. The van der Waals surface area contributed by atoms with Crippen molar-refractivity contribution in [3.8, 4) is 22.8 Å². The molecule has 31 heavy (non-hydrogen) atoms. The third kappa shape index (κ3) is 3.59. The van der Waals surface area contributed by atoms with E-state index in [0.717, 1.165) is 6.07 Å². The van der Waals surface area contributed by atoms with Crippen LogP contribution >= 0.6 is 0 Å². The largest absolute Gasteiger partial charge is 0.493 e. The quantitative estimate of drug-likeness (QED) is 0.196. The number of fused-ring (bicyclic) bond motifs is 1. The number of nitrogens with zero attached hydrogens (tertiary/aromatic N) is 3. The zero-order chi connectivity index (χ0) is 22.3. The summed E-state index contributed by atoms with van der Waals surface area (Å²) in [6.45, 7) is 5.26. The molecule has 0 bridgehead atoms. The fourth-order valence-electron chi connectivity index (χ4n) is 3.29. The van der Waals surface area contributed by atoms with Crippen molar-refractivity contribution < 1.29 is 28.1 Å². The van der Waals surface area contributed by atoms with E-state index in [1.807, 2.05) is 0 Å². The summed E-state index contributed by atoms with van der Waals surface area (Å²) < 4.78 is 21.5. The van der Waals surface area contributed by atoms with E-state index in [0.29, 0.717) is 33.9 Å². The summed E-state index contributed by atoms with van der Waals surface area (Å²) in [5.74, 6) is 0.635. The number of nitro benzene ring substituents is 1. The first kappa shape index (κ1) is 20.1. The van der Waals surface area contributed by atoms with Crippen molar-refractivity contribution in [2.45, 2.75) is 20.8 Å². The number of hydrogen-bond acceptors (Lipinski definition) is 9. The van der Waals surface area contributed by atoms with Gasteiger partial charge in [0.15, 0.2) is 11.5 Å². The molecule has 0 radical (unpaired) electrons. The zero-order valence-electron chi connectivity index (χ0n) is 17.1. The summed E-state index contributed by atoms with van der Waals surface area (Å²) in [6, 6.07) is 7.09. The van der Waals surface area contributed by atoms with Gasteiger partial charge in [-0.2, -0.15) is 0 Å². The highest BCUT2D eigenvalue weighted by molar-refractivity contribution is 6.05. The van der Waals surface area contributed by atoms with Crippen LogP contribution in [0.3, 0.4) is 0 Å². The molecular formula is C21H17N3O7. The molecule has 0 aliphatic carbocycles. The normalized spacial score (nSPS) is 11.0. The minimum atomic E-state index is -0.767. The molecule has 3 heterocycles. The van der Waals surface area contributed by atoms with Crippen molar-refractivity contribution in [3.05, 3.63) is 63.2 Å². The van der Waals surface area contributed by atoms with Crippen LogP contribution in [0.25, 0.3) is 22.4 Å². The van der Waals surface area contributed by atoms with Gasteiger partial charge in [-0.05, 0) is 39.0 Å². The maximum atomic E-state index is 13.1. The number of non-ortho nitro benzene ring substituents is 1. The van der Waals surface area contributed by atoms with Crippen molar-refractivity contribution in [1.82, 2.24) is 10.1 Å². The van der Waals surface area contributed by atoms with Crippen LogP contribution in [0.5, 0.6) is 11.5 Å². The molecule has 0 saturated heterocycles. The Bertz CT molecular complexity index is 1340. The first-order valence-corrected chi connectivity index (χ1v) is 9.17. The van der Waals surface area contributed by atoms with Crippen molar-refractivity contribution in [1.29, 1.82) is 0 Å². The van der Waals surface area contributed by atoms with E-state index in [2.05, 4.69) is 10.1 Å². The van der Waals surface area contributed by atoms with Gasteiger partial charge >= 0.3 is 5.97 Å². The van der Waals surface area contributed by atoms with Crippen molar-refractivity contribution in [3.63, 3.8) is 0 Å². The lowest BCUT2D eigenvalue weighted by atomic mass is 10.1. The number of hydrogen-bond donors (Lipinski definition) is 0. The number of rotatable bonds is 5.